The van der Waals surface area contributed by atoms with Crippen LogP contribution in [0.15, 0.2) is 133 Å². The van der Waals surface area contributed by atoms with Crippen molar-refractivity contribution in [3.63, 3.8) is 0 Å². The quantitative estimate of drug-likeness (QED) is 0.0617. The van der Waals surface area contributed by atoms with E-state index in [-0.39, 0.29) is 5.41 Å². The first-order chi connectivity index (χ1) is 30.0. The predicted octanol–water partition coefficient (Wildman–Crippen LogP) is 17.8. The van der Waals surface area contributed by atoms with Gasteiger partial charge >= 0.3 is 0 Å². The van der Waals surface area contributed by atoms with Crippen molar-refractivity contribution in [2.45, 2.75) is 142 Å². The van der Waals surface area contributed by atoms with Crippen LogP contribution in [-0.2, 0) is 5.41 Å². The van der Waals surface area contributed by atoms with Crippen LogP contribution in [0.5, 0.6) is 11.5 Å². The summed E-state index contributed by atoms with van der Waals surface area (Å²) >= 11 is 0. The molecule has 0 saturated heterocycles. The molecule has 7 rings (SSSR count). The lowest BCUT2D eigenvalue weighted by atomic mass is 9.70. The molecule has 2 nitrogen and oxygen atoms in total. The van der Waals surface area contributed by atoms with Gasteiger partial charge < -0.3 is 9.84 Å². The van der Waals surface area contributed by atoms with Gasteiger partial charge in [0.05, 0.1) is 6.61 Å². The van der Waals surface area contributed by atoms with E-state index in [1.54, 1.807) is 12.1 Å². The highest BCUT2D eigenvalue weighted by molar-refractivity contribution is 5.86. The summed E-state index contributed by atoms with van der Waals surface area (Å²) < 4.78 is 6.11. The second-order valence-corrected chi connectivity index (χ2v) is 17.8. The van der Waals surface area contributed by atoms with Gasteiger partial charge in [0.15, 0.2) is 0 Å². The molecule has 1 N–H and O–H groups in total. The van der Waals surface area contributed by atoms with Gasteiger partial charge in [-0.2, -0.15) is 0 Å². The van der Waals surface area contributed by atoms with Gasteiger partial charge in [-0.1, -0.05) is 214 Å². The average Bonchev–Trinajstić information content (AvgIpc) is 3.57. The highest BCUT2D eigenvalue weighted by Gasteiger charge is 2.42. The number of benzene rings is 6. The summed E-state index contributed by atoms with van der Waals surface area (Å²) in [6, 6.07) is 49.0. The zero-order valence-corrected chi connectivity index (χ0v) is 37.5. The average molecular weight is 811 g/mol. The maximum atomic E-state index is 9.82. The van der Waals surface area contributed by atoms with Gasteiger partial charge in [0.25, 0.3) is 0 Å². The molecule has 0 spiro atoms. The van der Waals surface area contributed by atoms with Crippen LogP contribution in [0.2, 0.25) is 0 Å². The van der Waals surface area contributed by atoms with Crippen molar-refractivity contribution < 1.29 is 9.84 Å². The van der Waals surface area contributed by atoms with Crippen LogP contribution >= 0.6 is 0 Å². The van der Waals surface area contributed by atoms with Crippen LogP contribution in [0, 0.1) is 0 Å². The Morgan fingerprint density at radius 2 is 0.689 bits per heavy atom. The molecule has 0 atom stereocenters. The Labute approximate surface area is 368 Å². The van der Waals surface area contributed by atoms with Crippen LogP contribution in [0.3, 0.4) is 0 Å². The smallest absolute Gasteiger partial charge is 0.119 e. The lowest BCUT2D eigenvalue weighted by molar-refractivity contribution is 0.304. The van der Waals surface area contributed by atoms with Crippen LogP contribution in [-0.4, -0.2) is 11.7 Å². The van der Waals surface area contributed by atoms with E-state index in [1.807, 2.05) is 12.1 Å². The van der Waals surface area contributed by atoms with Crippen LogP contribution in [0.25, 0.3) is 55.6 Å². The second kappa shape index (κ2) is 22.1. The highest BCUT2D eigenvalue weighted by Crippen LogP contribution is 2.56. The molecule has 318 valence electrons. The van der Waals surface area contributed by atoms with Crippen LogP contribution in [0.4, 0.5) is 0 Å². The summed E-state index contributed by atoms with van der Waals surface area (Å²) in [5, 5.41) is 9.82. The van der Waals surface area contributed by atoms with Gasteiger partial charge in [-0.15, -0.1) is 0 Å². The summed E-state index contributed by atoms with van der Waals surface area (Å²) in [6.45, 7) is 7.72. The number of fused-ring (bicyclic) bond motifs is 3. The molecule has 0 aliphatic heterocycles. The molecule has 2 heteroatoms. The molecule has 0 bridgehead atoms. The fraction of sp³-hybridized carbons (Fsp3) is 0.390. The Morgan fingerprint density at radius 1 is 0.361 bits per heavy atom. The summed E-state index contributed by atoms with van der Waals surface area (Å²) in [5.74, 6) is 1.26. The van der Waals surface area contributed by atoms with Gasteiger partial charge in [0.2, 0.25) is 0 Å². The van der Waals surface area contributed by atoms with Crippen molar-refractivity contribution in [2.75, 3.05) is 6.61 Å². The van der Waals surface area contributed by atoms with Gasteiger partial charge in [0.1, 0.15) is 11.5 Å². The molecule has 0 heterocycles. The maximum Gasteiger partial charge on any atom is 0.119 e. The molecule has 0 fully saturated rings. The number of hydrogen-bond acceptors (Lipinski definition) is 2. The van der Waals surface area contributed by atoms with E-state index in [4.69, 9.17) is 4.74 Å². The molecule has 6 aromatic rings. The van der Waals surface area contributed by atoms with E-state index < -0.39 is 0 Å². The topological polar surface area (TPSA) is 29.5 Å². The van der Waals surface area contributed by atoms with Gasteiger partial charge in [-0.3, -0.25) is 0 Å². The predicted molar refractivity (Wildman–Crippen MR) is 262 cm³/mol. The number of unbranched alkanes of at least 4 members (excludes halogenated alkanes) is 13. The number of ether oxygens (including phenoxy) is 1. The van der Waals surface area contributed by atoms with Gasteiger partial charge in [-0.25, -0.2) is 0 Å². The van der Waals surface area contributed by atoms with Crippen molar-refractivity contribution in [3.8, 4) is 67.1 Å². The molecule has 6 aromatic carbocycles. The first-order valence-electron chi connectivity index (χ1n) is 24.1. The third-order valence-corrected chi connectivity index (χ3v) is 13.4. The third kappa shape index (κ3) is 11.1. The molecule has 61 heavy (non-hydrogen) atoms. The zero-order chi connectivity index (χ0) is 42.3. The Balaban J connectivity index is 1.12. The van der Waals surface area contributed by atoms with E-state index in [0.29, 0.717) is 5.75 Å². The molecule has 0 radical (unpaired) electrons. The molecule has 0 amide bonds. The van der Waals surface area contributed by atoms with E-state index in [2.05, 4.69) is 130 Å². The third-order valence-electron chi connectivity index (χ3n) is 13.4. The number of phenols is 1. The Kier molecular flexibility index (Phi) is 16.0. The van der Waals surface area contributed by atoms with Crippen molar-refractivity contribution in [1.29, 1.82) is 0 Å². The largest absolute Gasteiger partial charge is 0.508 e. The van der Waals surface area contributed by atoms with Gasteiger partial charge in [0, 0.05) is 5.41 Å². The minimum atomic E-state index is -0.0118. The molecular weight excluding hydrogens is 741 g/mol. The maximum absolute atomic E-state index is 9.82. The number of aromatic hydroxyl groups is 1. The lowest BCUT2D eigenvalue weighted by Gasteiger charge is -2.33. The Morgan fingerprint density at radius 3 is 1.11 bits per heavy atom. The van der Waals surface area contributed by atoms with Crippen molar-refractivity contribution in [2.24, 2.45) is 0 Å². The Hall–Kier alpha value is -5.08. The number of rotatable bonds is 24. The lowest BCUT2D eigenvalue weighted by Crippen LogP contribution is -2.25. The molecule has 0 unspecified atom stereocenters. The summed E-state index contributed by atoms with van der Waals surface area (Å²) in [6.07, 6.45) is 23.0. The normalized spacial score (nSPS) is 12.6. The first-order valence-corrected chi connectivity index (χ1v) is 24.1. The molecule has 1 aliphatic rings. The van der Waals surface area contributed by atoms with E-state index in [0.717, 1.165) is 29.9 Å². The molecular formula is C59H70O2. The number of phenolic OH excluding ortho intramolecular Hbond substituents is 1. The zero-order valence-electron chi connectivity index (χ0n) is 37.5. The summed E-state index contributed by atoms with van der Waals surface area (Å²) in [5.41, 5.74) is 15.7. The number of hydrogen-bond donors (Lipinski definition) is 1. The fourth-order valence-corrected chi connectivity index (χ4v) is 9.76. The van der Waals surface area contributed by atoms with Crippen molar-refractivity contribution in [1.82, 2.24) is 0 Å². The van der Waals surface area contributed by atoms with Gasteiger partial charge in [-0.05, 0) is 122 Å². The van der Waals surface area contributed by atoms with E-state index in [1.165, 1.54) is 165 Å². The first kappa shape index (κ1) is 44.0. The standard InChI is InChI=1S/C59H70O2/c1-4-7-10-13-14-15-16-19-42-61-54-36-30-48(31-37-54)46-22-26-50(27-23-46)52-33-39-56-55-38-32-51(49-24-20-45(21-25-49)47-28-34-53(60)35-29-47)43-57(55)59(58(56)44-52,40-17-11-8-5-2)41-18-12-9-6-3/h20-39,43-44,60H,4-19,40-42H2,1-3H3. The Bertz CT molecular complexity index is 2220. The minimum absolute atomic E-state index is 0.0118. The van der Waals surface area contributed by atoms with Crippen molar-refractivity contribution >= 4 is 0 Å². The summed E-state index contributed by atoms with van der Waals surface area (Å²) in [4.78, 5) is 0. The fourth-order valence-electron chi connectivity index (χ4n) is 9.76. The monoisotopic (exact) mass is 811 g/mol. The second-order valence-electron chi connectivity index (χ2n) is 17.8. The van der Waals surface area contributed by atoms with E-state index in [9.17, 15) is 5.11 Å². The molecule has 0 saturated carbocycles. The highest BCUT2D eigenvalue weighted by atomic mass is 16.5. The van der Waals surface area contributed by atoms with Crippen LogP contribution < -0.4 is 4.74 Å². The summed E-state index contributed by atoms with van der Waals surface area (Å²) in [7, 11) is 0. The van der Waals surface area contributed by atoms with Crippen molar-refractivity contribution in [3.05, 3.63) is 145 Å². The minimum Gasteiger partial charge on any atom is -0.508 e. The van der Waals surface area contributed by atoms with Crippen LogP contribution in [0.1, 0.15) is 147 Å². The SMILES string of the molecule is CCCCCCCCCCOc1ccc(-c2ccc(-c3ccc4c(c3)C(CCCCCC)(CCCCCC)c3cc(-c5ccc(-c6ccc(O)cc6)cc5)ccc3-4)cc2)cc1. The van der Waals surface area contributed by atoms with E-state index >= 15 is 0 Å². The molecule has 0 aromatic heterocycles. The molecule has 1 aliphatic carbocycles.